The van der Waals surface area contributed by atoms with Gasteiger partial charge in [0, 0.05) is 10.5 Å². The second kappa shape index (κ2) is 8.27. The van der Waals surface area contributed by atoms with Gasteiger partial charge in [-0.25, -0.2) is 13.1 Å². The Hall–Kier alpha value is -0.430. The number of nitrogens with one attached hydrogen (secondary N) is 1. The third-order valence-electron chi connectivity index (χ3n) is 3.43. The fraction of sp³-hybridized carbons (Fsp3) is 0.600. The number of aliphatic hydroxyl groups excluding tert-OH is 1. The van der Waals surface area contributed by atoms with Gasteiger partial charge in [0.15, 0.2) is 0 Å². The molecule has 1 atom stereocenters. The molecule has 0 heterocycles. The Bertz CT molecular complexity index is 573. The lowest BCUT2D eigenvalue weighted by molar-refractivity contribution is 0.281. The summed E-state index contributed by atoms with van der Waals surface area (Å²) in [6.45, 7) is 5.57. The Labute approximate surface area is 136 Å². The number of hydrogen-bond acceptors (Lipinski definition) is 3. The molecule has 0 amide bonds. The predicted molar refractivity (Wildman–Crippen MR) is 88.7 cm³/mol. The summed E-state index contributed by atoms with van der Waals surface area (Å²) in [4.78, 5) is 0.225. The highest BCUT2D eigenvalue weighted by Crippen LogP contribution is 2.26. The van der Waals surface area contributed by atoms with Crippen LogP contribution in [-0.2, 0) is 16.6 Å². The molecule has 4 nitrogen and oxygen atoms in total. The molecule has 0 aromatic heterocycles. The molecule has 0 fully saturated rings. The average molecular weight is 378 g/mol. The standard InChI is InChI=1S/C15H24BrNO3S/c1-4-5-6-7-11(2)17-21(19,20)15-9-13(10-18)8-14(16)12(15)3/h8-9,11,17-18H,4-7,10H2,1-3H3. The first-order valence-corrected chi connectivity index (χ1v) is 9.51. The SMILES string of the molecule is CCCCCC(C)NS(=O)(=O)c1cc(CO)cc(Br)c1C. The second-order valence-electron chi connectivity index (χ2n) is 5.38. The topological polar surface area (TPSA) is 66.4 Å². The molecular weight excluding hydrogens is 354 g/mol. The van der Waals surface area contributed by atoms with Crippen molar-refractivity contribution < 1.29 is 13.5 Å². The Morgan fingerprint density at radius 2 is 2.00 bits per heavy atom. The van der Waals surface area contributed by atoms with Crippen LogP contribution in [0.2, 0.25) is 0 Å². The monoisotopic (exact) mass is 377 g/mol. The Balaban J connectivity index is 2.95. The molecule has 0 spiro atoms. The van der Waals surface area contributed by atoms with E-state index in [0.29, 0.717) is 15.6 Å². The summed E-state index contributed by atoms with van der Waals surface area (Å²) in [5.74, 6) is 0. The molecule has 1 rings (SSSR count). The maximum atomic E-state index is 12.5. The fourth-order valence-electron chi connectivity index (χ4n) is 2.17. The molecule has 1 aromatic rings. The Morgan fingerprint density at radius 3 is 2.57 bits per heavy atom. The number of unbranched alkanes of at least 4 members (excludes halogenated alkanes) is 2. The molecule has 0 saturated carbocycles. The van der Waals surface area contributed by atoms with Crippen molar-refractivity contribution in [3.8, 4) is 0 Å². The first-order chi connectivity index (χ1) is 9.81. The van der Waals surface area contributed by atoms with Gasteiger partial charge in [0.05, 0.1) is 11.5 Å². The normalized spacial score (nSPS) is 13.4. The first-order valence-electron chi connectivity index (χ1n) is 7.24. The van der Waals surface area contributed by atoms with Crippen molar-refractivity contribution >= 4 is 26.0 Å². The summed E-state index contributed by atoms with van der Waals surface area (Å²) in [6.07, 6.45) is 4.06. The largest absolute Gasteiger partial charge is 0.392 e. The van der Waals surface area contributed by atoms with Gasteiger partial charge in [-0.15, -0.1) is 0 Å². The van der Waals surface area contributed by atoms with Crippen LogP contribution in [0.3, 0.4) is 0 Å². The van der Waals surface area contributed by atoms with E-state index in [1.54, 1.807) is 13.0 Å². The minimum Gasteiger partial charge on any atom is -0.392 e. The van der Waals surface area contributed by atoms with Crippen LogP contribution in [0.25, 0.3) is 0 Å². The zero-order valence-electron chi connectivity index (χ0n) is 12.8. The van der Waals surface area contributed by atoms with E-state index in [1.807, 2.05) is 6.92 Å². The number of halogens is 1. The van der Waals surface area contributed by atoms with Crippen molar-refractivity contribution in [3.05, 3.63) is 27.7 Å². The van der Waals surface area contributed by atoms with Crippen LogP contribution >= 0.6 is 15.9 Å². The molecule has 0 saturated heterocycles. The lowest BCUT2D eigenvalue weighted by Gasteiger charge is -2.16. The molecular formula is C15H24BrNO3S. The fourth-order valence-corrected chi connectivity index (χ4v) is 4.40. The van der Waals surface area contributed by atoms with Crippen LogP contribution in [0.4, 0.5) is 0 Å². The number of hydrogen-bond donors (Lipinski definition) is 2. The molecule has 1 aromatic carbocycles. The van der Waals surface area contributed by atoms with E-state index in [-0.39, 0.29) is 17.5 Å². The first kappa shape index (κ1) is 18.6. The second-order valence-corrected chi connectivity index (χ2v) is 7.91. The van der Waals surface area contributed by atoms with Gasteiger partial charge in [-0.1, -0.05) is 42.1 Å². The van der Waals surface area contributed by atoms with Crippen molar-refractivity contribution in [2.75, 3.05) is 0 Å². The van der Waals surface area contributed by atoms with Crippen molar-refractivity contribution in [2.45, 2.75) is 64.0 Å². The van der Waals surface area contributed by atoms with Gasteiger partial charge >= 0.3 is 0 Å². The van der Waals surface area contributed by atoms with Gasteiger partial charge in [0.25, 0.3) is 0 Å². The van der Waals surface area contributed by atoms with Crippen LogP contribution in [0.15, 0.2) is 21.5 Å². The molecule has 0 aliphatic carbocycles. The Morgan fingerprint density at radius 1 is 1.33 bits per heavy atom. The number of benzene rings is 1. The quantitative estimate of drug-likeness (QED) is 0.681. The minimum atomic E-state index is -3.57. The van der Waals surface area contributed by atoms with Crippen molar-refractivity contribution in [1.82, 2.24) is 4.72 Å². The van der Waals surface area contributed by atoms with Crippen molar-refractivity contribution in [2.24, 2.45) is 0 Å². The van der Waals surface area contributed by atoms with E-state index in [0.717, 1.165) is 25.7 Å². The molecule has 2 N–H and O–H groups in total. The van der Waals surface area contributed by atoms with E-state index in [4.69, 9.17) is 0 Å². The maximum absolute atomic E-state index is 12.5. The lowest BCUT2D eigenvalue weighted by Crippen LogP contribution is -2.33. The summed E-state index contributed by atoms with van der Waals surface area (Å²) >= 11 is 3.34. The van der Waals surface area contributed by atoms with Gasteiger partial charge < -0.3 is 5.11 Å². The minimum absolute atomic E-state index is 0.0995. The molecule has 0 aliphatic rings. The van der Waals surface area contributed by atoms with Crippen molar-refractivity contribution in [3.63, 3.8) is 0 Å². The zero-order valence-corrected chi connectivity index (χ0v) is 15.2. The number of rotatable bonds is 8. The van der Waals surface area contributed by atoms with Crippen LogP contribution in [0, 0.1) is 6.92 Å². The highest BCUT2D eigenvalue weighted by atomic mass is 79.9. The average Bonchev–Trinajstić information content (AvgIpc) is 2.41. The maximum Gasteiger partial charge on any atom is 0.241 e. The molecule has 1 unspecified atom stereocenters. The highest BCUT2D eigenvalue weighted by molar-refractivity contribution is 9.10. The Kier molecular flexibility index (Phi) is 7.33. The third kappa shape index (κ3) is 5.36. The molecule has 0 bridgehead atoms. The van der Waals surface area contributed by atoms with Gasteiger partial charge in [0.1, 0.15) is 0 Å². The number of sulfonamides is 1. The third-order valence-corrected chi connectivity index (χ3v) is 5.96. The highest BCUT2D eigenvalue weighted by Gasteiger charge is 2.21. The summed E-state index contributed by atoms with van der Waals surface area (Å²) in [5, 5.41) is 9.23. The predicted octanol–water partition coefficient (Wildman–Crippen LogP) is 3.50. The smallest absolute Gasteiger partial charge is 0.241 e. The van der Waals surface area contributed by atoms with Crippen LogP contribution in [0.1, 0.15) is 50.7 Å². The molecule has 120 valence electrons. The summed E-state index contributed by atoms with van der Waals surface area (Å²) < 4.78 is 28.4. The van der Waals surface area contributed by atoms with E-state index >= 15 is 0 Å². The molecule has 21 heavy (non-hydrogen) atoms. The van der Waals surface area contributed by atoms with Gasteiger partial charge in [0.2, 0.25) is 10.0 Å². The molecule has 0 radical (unpaired) electrons. The summed E-state index contributed by atoms with van der Waals surface area (Å²) in [7, 11) is -3.57. The van der Waals surface area contributed by atoms with Gasteiger partial charge in [-0.3, -0.25) is 0 Å². The summed E-state index contributed by atoms with van der Waals surface area (Å²) in [6, 6.07) is 3.16. The van der Waals surface area contributed by atoms with Crippen LogP contribution < -0.4 is 4.72 Å². The number of aliphatic hydroxyl groups is 1. The molecule has 0 aliphatic heterocycles. The van der Waals surface area contributed by atoms with E-state index in [2.05, 4.69) is 27.6 Å². The lowest BCUT2D eigenvalue weighted by atomic mass is 10.1. The van der Waals surface area contributed by atoms with Crippen LogP contribution in [-0.4, -0.2) is 19.6 Å². The van der Waals surface area contributed by atoms with Crippen LogP contribution in [0.5, 0.6) is 0 Å². The van der Waals surface area contributed by atoms with Gasteiger partial charge in [-0.05, 0) is 43.5 Å². The van der Waals surface area contributed by atoms with E-state index in [1.165, 1.54) is 6.07 Å². The van der Waals surface area contributed by atoms with Crippen molar-refractivity contribution in [1.29, 1.82) is 0 Å². The van der Waals surface area contributed by atoms with E-state index < -0.39 is 10.0 Å². The van der Waals surface area contributed by atoms with E-state index in [9.17, 15) is 13.5 Å². The van der Waals surface area contributed by atoms with Gasteiger partial charge in [-0.2, -0.15) is 0 Å². The zero-order chi connectivity index (χ0) is 16.0. The molecule has 6 heteroatoms. The summed E-state index contributed by atoms with van der Waals surface area (Å²) in [5.41, 5.74) is 1.23.